The van der Waals surface area contributed by atoms with Crippen molar-refractivity contribution >= 4 is 41.3 Å². The van der Waals surface area contributed by atoms with Crippen molar-refractivity contribution in [2.45, 2.75) is 47.0 Å². The number of hydrogen-bond donors (Lipinski definition) is 0. The lowest BCUT2D eigenvalue weighted by Gasteiger charge is -2.33. The van der Waals surface area contributed by atoms with Crippen LogP contribution in [-0.4, -0.2) is 17.6 Å². The lowest BCUT2D eigenvalue weighted by atomic mass is 9.70. The first-order valence-electron chi connectivity index (χ1n) is 11.3. The predicted octanol–water partition coefficient (Wildman–Crippen LogP) is 7.17. The summed E-state index contributed by atoms with van der Waals surface area (Å²) in [6.45, 7) is 7.91. The first-order chi connectivity index (χ1) is 15.3. The number of hydrogen-bond acceptors (Lipinski definition) is 1. The minimum Gasteiger partial charge on any atom is -0.329 e. The van der Waals surface area contributed by atoms with Crippen molar-refractivity contribution in [2.75, 3.05) is 0 Å². The van der Waals surface area contributed by atoms with Gasteiger partial charge < -0.3 is 4.48 Å². The summed E-state index contributed by atoms with van der Waals surface area (Å²) in [6.07, 6.45) is 7.58. The van der Waals surface area contributed by atoms with Gasteiger partial charge >= 0.3 is 7.40 Å². The van der Waals surface area contributed by atoms with Crippen LogP contribution in [0.5, 0.6) is 0 Å². The average Bonchev–Trinajstić information content (AvgIpc) is 3.26. The molecule has 2 bridgehead atoms. The van der Waals surface area contributed by atoms with Gasteiger partial charge in [-0.25, -0.2) is 0 Å². The highest BCUT2D eigenvalue weighted by molar-refractivity contribution is 14.1. The molecule has 1 aromatic heterocycles. The molecule has 2 heterocycles. The van der Waals surface area contributed by atoms with Gasteiger partial charge in [-0.1, -0.05) is 31.2 Å². The van der Waals surface area contributed by atoms with Gasteiger partial charge in [-0.05, 0) is 103 Å². The maximum atomic E-state index is 14.5. The SMILES string of the molecule is CCc1c(C)c(/C(=C2\N=C(C)C3=C2[C@H]2C=C[C@@H]3CC2)c2ccc(I)cc2)n(B(F)F)c1C. The van der Waals surface area contributed by atoms with E-state index in [0.717, 1.165) is 56.5 Å². The number of aromatic nitrogens is 1. The molecule has 0 saturated heterocycles. The number of fused-ring (bicyclic) bond motifs is 1. The van der Waals surface area contributed by atoms with Gasteiger partial charge in [0.2, 0.25) is 0 Å². The molecule has 0 radical (unpaired) electrons. The van der Waals surface area contributed by atoms with E-state index in [9.17, 15) is 8.63 Å². The minimum absolute atomic E-state index is 0.312. The van der Waals surface area contributed by atoms with E-state index < -0.39 is 7.40 Å². The predicted molar refractivity (Wildman–Crippen MR) is 137 cm³/mol. The van der Waals surface area contributed by atoms with Crippen LogP contribution in [0.25, 0.3) is 5.57 Å². The lowest BCUT2D eigenvalue weighted by molar-refractivity contribution is 0.501. The summed E-state index contributed by atoms with van der Waals surface area (Å²) >= 11 is 2.28. The zero-order valence-electron chi connectivity index (χ0n) is 18.8. The first kappa shape index (κ1) is 21.9. The van der Waals surface area contributed by atoms with E-state index in [1.54, 1.807) is 0 Å². The molecule has 164 valence electrons. The molecule has 0 fully saturated rings. The summed E-state index contributed by atoms with van der Waals surface area (Å²) in [4.78, 5) is 5.08. The molecule has 0 N–H and O–H groups in total. The summed E-state index contributed by atoms with van der Waals surface area (Å²) in [7, 11) is -2.61. The molecule has 0 saturated carbocycles. The summed E-state index contributed by atoms with van der Waals surface area (Å²) in [5.41, 5.74) is 9.49. The van der Waals surface area contributed by atoms with Gasteiger partial charge in [0.15, 0.2) is 0 Å². The van der Waals surface area contributed by atoms with Crippen LogP contribution >= 0.6 is 22.6 Å². The second-order valence-electron chi connectivity index (χ2n) is 8.97. The van der Waals surface area contributed by atoms with E-state index in [-0.39, 0.29) is 0 Å². The van der Waals surface area contributed by atoms with Gasteiger partial charge in [0.25, 0.3) is 0 Å². The smallest absolute Gasteiger partial charge is 0.329 e. The normalized spacial score (nSPS) is 23.0. The highest BCUT2D eigenvalue weighted by Crippen LogP contribution is 2.50. The molecular weight excluding hydrogens is 516 g/mol. The van der Waals surface area contributed by atoms with Gasteiger partial charge in [0, 0.05) is 38.1 Å². The third-order valence-corrected chi connectivity index (χ3v) is 8.04. The molecule has 0 amide bonds. The van der Waals surface area contributed by atoms with Crippen molar-refractivity contribution < 1.29 is 8.63 Å². The highest BCUT2D eigenvalue weighted by atomic mass is 127. The number of nitrogens with zero attached hydrogens (tertiary/aromatic N) is 2. The Morgan fingerprint density at radius 3 is 2.25 bits per heavy atom. The fraction of sp³-hybridized carbons (Fsp3) is 0.346. The molecule has 2 nitrogen and oxygen atoms in total. The Morgan fingerprint density at radius 1 is 1.06 bits per heavy atom. The summed E-state index contributed by atoms with van der Waals surface area (Å²) in [5, 5.41) is 0. The largest absolute Gasteiger partial charge is 0.677 e. The Hall–Kier alpha value is -1.96. The van der Waals surface area contributed by atoms with E-state index in [4.69, 9.17) is 4.99 Å². The van der Waals surface area contributed by atoms with Crippen molar-refractivity contribution in [3.63, 3.8) is 0 Å². The zero-order valence-corrected chi connectivity index (χ0v) is 21.0. The number of benzene rings is 1. The molecule has 6 heteroatoms. The zero-order chi connectivity index (χ0) is 22.7. The van der Waals surface area contributed by atoms with Crippen LogP contribution in [0.3, 0.4) is 0 Å². The molecule has 0 unspecified atom stereocenters. The summed E-state index contributed by atoms with van der Waals surface area (Å²) < 4.78 is 31.3. The maximum absolute atomic E-state index is 14.5. The standard InChI is InChI=1S/C26H26BF2IN2/c1-5-21-14(2)26(32(16(21)4)27(28)29)24(19-10-12-20(30)13-11-19)25-23-18-8-6-17(7-9-18)22(23)15(3)31-25/h6,8,10-13,17-18H,5,7,9H2,1-4H3/b25-24-/t17-,18+/m1/s1. The molecular formula is C26H26BF2IN2. The fourth-order valence-electron chi connectivity index (χ4n) is 5.93. The lowest BCUT2D eigenvalue weighted by Crippen LogP contribution is -2.24. The Labute approximate surface area is 202 Å². The topological polar surface area (TPSA) is 17.3 Å². The molecule has 1 aliphatic heterocycles. The first-order valence-corrected chi connectivity index (χ1v) is 12.4. The van der Waals surface area contributed by atoms with Crippen molar-refractivity contribution in [1.82, 2.24) is 4.48 Å². The Kier molecular flexibility index (Phi) is 5.55. The van der Waals surface area contributed by atoms with Crippen molar-refractivity contribution in [2.24, 2.45) is 16.8 Å². The quantitative estimate of drug-likeness (QED) is 0.222. The van der Waals surface area contributed by atoms with Crippen molar-refractivity contribution in [3.05, 3.63) is 84.9 Å². The Balaban J connectivity index is 1.88. The van der Waals surface area contributed by atoms with Gasteiger partial charge in [-0.2, -0.15) is 0 Å². The third-order valence-electron chi connectivity index (χ3n) is 7.32. The second kappa shape index (κ2) is 8.12. The number of allylic oxidation sites excluding steroid dienone is 4. The number of rotatable bonds is 4. The molecule has 3 aliphatic carbocycles. The van der Waals surface area contributed by atoms with Crippen LogP contribution in [0.2, 0.25) is 0 Å². The molecule has 1 aromatic carbocycles. The van der Waals surface area contributed by atoms with Crippen LogP contribution in [-0.2, 0) is 6.42 Å². The van der Waals surface area contributed by atoms with Gasteiger partial charge in [0.1, 0.15) is 0 Å². The van der Waals surface area contributed by atoms with E-state index in [1.165, 1.54) is 15.6 Å². The molecule has 32 heavy (non-hydrogen) atoms. The molecule has 2 atom stereocenters. The highest BCUT2D eigenvalue weighted by Gasteiger charge is 2.40. The third kappa shape index (κ3) is 3.20. The van der Waals surface area contributed by atoms with Crippen LogP contribution in [0.1, 0.15) is 54.8 Å². The van der Waals surface area contributed by atoms with Crippen LogP contribution < -0.4 is 0 Å². The monoisotopic (exact) mass is 542 g/mol. The minimum atomic E-state index is -2.61. The number of aliphatic imine (C=N–C) groups is 1. The van der Waals surface area contributed by atoms with Gasteiger partial charge in [0.05, 0.1) is 5.70 Å². The molecule has 0 spiro atoms. The van der Waals surface area contributed by atoms with Crippen molar-refractivity contribution in [1.29, 1.82) is 0 Å². The Bertz CT molecular complexity index is 1230. The van der Waals surface area contributed by atoms with E-state index in [1.807, 2.05) is 45.0 Å². The van der Waals surface area contributed by atoms with Gasteiger partial charge in [-0.3, -0.25) is 13.6 Å². The van der Waals surface area contributed by atoms with Gasteiger partial charge in [-0.15, -0.1) is 0 Å². The van der Waals surface area contributed by atoms with Crippen LogP contribution in [0.15, 0.2) is 58.3 Å². The van der Waals surface area contributed by atoms with Crippen LogP contribution in [0, 0.1) is 29.3 Å². The maximum Gasteiger partial charge on any atom is 0.677 e. The Morgan fingerprint density at radius 2 is 1.69 bits per heavy atom. The average molecular weight is 542 g/mol. The number of halogens is 3. The molecule has 4 aliphatic rings. The summed E-state index contributed by atoms with van der Waals surface area (Å²) in [6, 6.07) is 8.19. The van der Waals surface area contributed by atoms with Crippen molar-refractivity contribution in [3.8, 4) is 0 Å². The second-order valence-corrected chi connectivity index (χ2v) is 10.2. The molecule has 6 rings (SSSR count). The summed E-state index contributed by atoms with van der Waals surface area (Å²) in [5.74, 6) is 0.706. The van der Waals surface area contributed by atoms with Crippen LogP contribution in [0.4, 0.5) is 8.63 Å². The fourth-order valence-corrected chi connectivity index (χ4v) is 6.29. The van der Waals surface area contributed by atoms with E-state index >= 15 is 0 Å². The molecule has 2 aromatic rings. The van der Waals surface area contributed by atoms with E-state index in [0.29, 0.717) is 23.2 Å². The van der Waals surface area contributed by atoms with E-state index in [2.05, 4.69) is 41.7 Å².